The van der Waals surface area contributed by atoms with Crippen LogP contribution in [0.3, 0.4) is 0 Å². The summed E-state index contributed by atoms with van der Waals surface area (Å²) in [7, 11) is 1.61. The SMILES string of the molecule is COc1cccc(/C=C2/N=C(c3ccccc3Cl)N(c3ccc(Br)cc3)C2=O)c1. The monoisotopic (exact) mass is 466 g/mol. The lowest BCUT2D eigenvalue weighted by Gasteiger charge is -2.19. The van der Waals surface area contributed by atoms with Crippen LogP contribution in [0.1, 0.15) is 11.1 Å². The molecule has 1 aliphatic heterocycles. The van der Waals surface area contributed by atoms with E-state index in [0.717, 1.165) is 10.0 Å². The number of hydrogen-bond donors (Lipinski definition) is 0. The predicted molar refractivity (Wildman–Crippen MR) is 121 cm³/mol. The number of carbonyl (C=O) groups is 1. The van der Waals surface area contributed by atoms with Gasteiger partial charge in [-0.15, -0.1) is 0 Å². The van der Waals surface area contributed by atoms with Crippen LogP contribution in [0.4, 0.5) is 5.69 Å². The van der Waals surface area contributed by atoms with Gasteiger partial charge in [0, 0.05) is 10.0 Å². The van der Waals surface area contributed by atoms with E-state index in [1.807, 2.05) is 66.7 Å². The molecule has 1 aliphatic rings. The highest BCUT2D eigenvalue weighted by Gasteiger charge is 2.33. The number of amides is 1. The fraction of sp³-hybridized carbons (Fsp3) is 0.0435. The van der Waals surface area contributed by atoms with Gasteiger partial charge in [-0.2, -0.15) is 0 Å². The highest BCUT2D eigenvalue weighted by atomic mass is 79.9. The normalized spacial score (nSPS) is 15.0. The number of carbonyl (C=O) groups excluding carboxylic acids is 1. The number of benzene rings is 3. The van der Waals surface area contributed by atoms with Gasteiger partial charge in [-0.1, -0.05) is 51.8 Å². The van der Waals surface area contributed by atoms with E-state index in [9.17, 15) is 4.79 Å². The summed E-state index contributed by atoms with van der Waals surface area (Å²) in [6, 6.07) is 22.3. The number of ether oxygens (including phenoxy) is 1. The van der Waals surface area contributed by atoms with Gasteiger partial charge in [0.15, 0.2) is 0 Å². The Balaban J connectivity index is 1.84. The number of methoxy groups -OCH3 is 1. The van der Waals surface area contributed by atoms with E-state index in [2.05, 4.69) is 20.9 Å². The standard InChI is InChI=1S/C23H16BrClN2O2/c1-29-18-6-4-5-15(13-18)14-21-23(28)27(17-11-9-16(24)10-12-17)22(26-21)19-7-2-3-8-20(19)25/h2-14H,1H3/b21-14+. The first-order chi connectivity index (χ1) is 14.1. The molecule has 3 aromatic rings. The highest BCUT2D eigenvalue weighted by molar-refractivity contribution is 9.10. The average molecular weight is 468 g/mol. The van der Waals surface area contributed by atoms with Crippen LogP contribution in [-0.4, -0.2) is 18.9 Å². The Bertz CT molecular complexity index is 1140. The summed E-state index contributed by atoms with van der Waals surface area (Å²) in [6.07, 6.45) is 1.75. The maximum absolute atomic E-state index is 13.3. The number of halogens is 2. The summed E-state index contributed by atoms with van der Waals surface area (Å²) in [5, 5.41) is 0.531. The molecule has 0 N–H and O–H groups in total. The van der Waals surface area contributed by atoms with Crippen LogP contribution in [0.15, 0.2) is 88.0 Å². The average Bonchev–Trinajstić information content (AvgIpc) is 3.05. The molecule has 4 nitrogen and oxygen atoms in total. The van der Waals surface area contributed by atoms with E-state index >= 15 is 0 Å². The molecule has 1 amide bonds. The van der Waals surface area contributed by atoms with Crippen LogP contribution >= 0.6 is 27.5 Å². The molecular formula is C23H16BrClN2O2. The van der Waals surface area contributed by atoms with Crippen molar-refractivity contribution < 1.29 is 9.53 Å². The molecule has 0 unspecified atom stereocenters. The first-order valence-corrected chi connectivity index (χ1v) is 10.0. The molecule has 0 bridgehead atoms. The van der Waals surface area contributed by atoms with Crippen molar-refractivity contribution in [2.75, 3.05) is 12.0 Å². The van der Waals surface area contributed by atoms with Crippen LogP contribution in [0, 0.1) is 0 Å². The molecule has 144 valence electrons. The van der Waals surface area contributed by atoms with Gasteiger partial charge < -0.3 is 4.74 Å². The zero-order valence-corrected chi connectivity index (χ0v) is 17.8. The maximum Gasteiger partial charge on any atom is 0.282 e. The molecular weight excluding hydrogens is 452 g/mol. The van der Waals surface area contributed by atoms with Gasteiger partial charge in [-0.05, 0) is 60.2 Å². The highest BCUT2D eigenvalue weighted by Crippen LogP contribution is 2.31. The Morgan fingerprint density at radius 2 is 1.79 bits per heavy atom. The van der Waals surface area contributed by atoms with Crippen molar-refractivity contribution in [3.05, 3.63) is 99.1 Å². The van der Waals surface area contributed by atoms with Crippen molar-refractivity contribution in [2.45, 2.75) is 0 Å². The molecule has 0 aliphatic carbocycles. The minimum Gasteiger partial charge on any atom is -0.497 e. The molecule has 1 heterocycles. The lowest BCUT2D eigenvalue weighted by atomic mass is 10.1. The zero-order valence-electron chi connectivity index (χ0n) is 15.5. The van der Waals surface area contributed by atoms with Gasteiger partial charge in [-0.25, -0.2) is 4.99 Å². The first kappa shape index (κ1) is 19.4. The summed E-state index contributed by atoms with van der Waals surface area (Å²) >= 11 is 9.85. The van der Waals surface area contributed by atoms with Gasteiger partial charge in [0.2, 0.25) is 0 Å². The second kappa shape index (κ2) is 8.23. The quantitative estimate of drug-likeness (QED) is 0.445. The fourth-order valence-corrected chi connectivity index (χ4v) is 3.54. The van der Waals surface area contributed by atoms with Crippen LogP contribution in [-0.2, 0) is 4.79 Å². The maximum atomic E-state index is 13.3. The van der Waals surface area contributed by atoms with E-state index in [4.69, 9.17) is 16.3 Å². The van der Waals surface area contributed by atoms with E-state index in [1.54, 1.807) is 24.2 Å². The molecule has 6 heteroatoms. The number of hydrogen-bond acceptors (Lipinski definition) is 3. The van der Waals surface area contributed by atoms with Crippen molar-refractivity contribution in [3.8, 4) is 5.75 Å². The van der Waals surface area contributed by atoms with Crippen molar-refractivity contribution in [2.24, 2.45) is 4.99 Å². The Morgan fingerprint density at radius 3 is 2.52 bits per heavy atom. The Labute approximate surface area is 182 Å². The molecule has 0 saturated carbocycles. The van der Waals surface area contributed by atoms with Gasteiger partial charge in [0.1, 0.15) is 17.3 Å². The van der Waals surface area contributed by atoms with Crippen LogP contribution in [0.25, 0.3) is 6.08 Å². The third kappa shape index (κ3) is 3.97. The fourth-order valence-electron chi connectivity index (χ4n) is 3.06. The minimum absolute atomic E-state index is 0.218. The summed E-state index contributed by atoms with van der Waals surface area (Å²) < 4.78 is 6.20. The molecule has 0 fully saturated rings. The number of rotatable bonds is 4. The van der Waals surface area contributed by atoms with Crippen molar-refractivity contribution >= 4 is 51.0 Å². The molecule has 0 atom stereocenters. The minimum atomic E-state index is -0.218. The predicted octanol–water partition coefficient (Wildman–Crippen LogP) is 5.95. The van der Waals surface area contributed by atoms with Crippen LogP contribution in [0.5, 0.6) is 5.75 Å². The zero-order chi connectivity index (χ0) is 20.4. The lowest BCUT2D eigenvalue weighted by Crippen LogP contribution is -2.32. The largest absolute Gasteiger partial charge is 0.497 e. The topological polar surface area (TPSA) is 41.9 Å². The van der Waals surface area contributed by atoms with Crippen LogP contribution < -0.4 is 9.64 Å². The van der Waals surface area contributed by atoms with Crippen molar-refractivity contribution in [1.82, 2.24) is 0 Å². The van der Waals surface area contributed by atoms with E-state index in [1.165, 1.54) is 0 Å². The summed E-state index contributed by atoms with van der Waals surface area (Å²) in [6.45, 7) is 0. The third-order valence-corrected chi connectivity index (χ3v) is 5.32. The third-order valence-electron chi connectivity index (χ3n) is 4.46. The van der Waals surface area contributed by atoms with E-state index in [0.29, 0.717) is 33.6 Å². The molecule has 4 rings (SSSR count). The van der Waals surface area contributed by atoms with Gasteiger partial charge in [-0.3, -0.25) is 9.69 Å². The molecule has 0 aromatic heterocycles. The second-order valence-corrected chi connectivity index (χ2v) is 7.66. The lowest BCUT2D eigenvalue weighted by molar-refractivity contribution is -0.113. The molecule has 0 spiro atoms. The molecule has 0 radical (unpaired) electrons. The van der Waals surface area contributed by atoms with Crippen molar-refractivity contribution in [3.63, 3.8) is 0 Å². The van der Waals surface area contributed by atoms with Gasteiger partial charge >= 0.3 is 0 Å². The molecule has 0 saturated heterocycles. The Morgan fingerprint density at radius 1 is 1.03 bits per heavy atom. The first-order valence-electron chi connectivity index (χ1n) is 8.86. The van der Waals surface area contributed by atoms with Gasteiger partial charge in [0.25, 0.3) is 5.91 Å². The second-order valence-electron chi connectivity index (χ2n) is 6.34. The smallest absolute Gasteiger partial charge is 0.282 e. The van der Waals surface area contributed by atoms with Crippen molar-refractivity contribution in [1.29, 1.82) is 0 Å². The molecule has 29 heavy (non-hydrogen) atoms. The van der Waals surface area contributed by atoms with Gasteiger partial charge in [0.05, 0.1) is 17.8 Å². The summed E-state index contributed by atoms with van der Waals surface area (Å²) in [5.74, 6) is 0.993. The number of anilines is 1. The Kier molecular flexibility index (Phi) is 5.51. The van der Waals surface area contributed by atoms with Crippen LogP contribution in [0.2, 0.25) is 5.02 Å². The summed E-state index contributed by atoms with van der Waals surface area (Å²) in [4.78, 5) is 19.5. The van der Waals surface area contributed by atoms with E-state index < -0.39 is 0 Å². The number of amidine groups is 1. The number of nitrogens with zero attached hydrogens (tertiary/aromatic N) is 2. The Hall–Kier alpha value is -2.89. The van der Waals surface area contributed by atoms with E-state index in [-0.39, 0.29) is 5.91 Å². The number of aliphatic imine (C=N–C) groups is 1. The molecule has 3 aromatic carbocycles. The summed E-state index contributed by atoms with van der Waals surface area (Å²) in [5.41, 5.74) is 2.56.